The van der Waals surface area contributed by atoms with Gasteiger partial charge in [-0.25, -0.2) is 4.98 Å². The second-order valence-electron chi connectivity index (χ2n) is 7.49. The minimum atomic E-state index is -0.224. The van der Waals surface area contributed by atoms with Gasteiger partial charge in [0.2, 0.25) is 0 Å². The fourth-order valence-corrected chi connectivity index (χ4v) is 3.99. The average Bonchev–Trinajstić information content (AvgIpc) is 2.78. The van der Waals surface area contributed by atoms with Crippen LogP contribution in [-0.4, -0.2) is 27.4 Å². The minimum Gasteiger partial charge on any atom is -0.483 e. The van der Waals surface area contributed by atoms with Crippen LogP contribution in [0.5, 0.6) is 5.75 Å². The summed E-state index contributed by atoms with van der Waals surface area (Å²) < 4.78 is 6.57. The zero-order chi connectivity index (χ0) is 22.5. The molecule has 7 heteroatoms. The number of aryl methyl sites for hydroxylation is 1. The van der Waals surface area contributed by atoms with E-state index in [9.17, 15) is 9.59 Å². The van der Waals surface area contributed by atoms with Crippen molar-refractivity contribution in [1.29, 1.82) is 0 Å². The summed E-state index contributed by atoms with van der Waals surface area (Å²) in [5.74, 6) is 0.812. The monoisotopic (exact) mass is 491 g/mol. The number of para-hydroxylation sites is 1. The third-order valence-electron chi connectivity index (χ3n) is 5.01. The number of aromatic amines is 1. The molecule has 0 aliphatic rings. The number of fused-ring (bicyclic) bond motifs is 1. The molecule has 1 aromatic heterocycles. The second kappa shape index (κ2) is 9.78. The molecule has 4 aromatic rings. The molecule has 6 nitrogen and oxygen atoms in total. The number of H-pyrrole nitrogens is 1. The van der Waals surface area contributed by atoms with E-state index in [1.54, 1.807) is 23.1 Å². The molecule has 32 heavy (non-hydrogen) atoms. The number of amides is 1. The molecule has 0 aliphatic carbocycles. The quantitative estimate of drug-likeness (QED) is 0.409. The third-order valence-corrected chi connectivity index (χ3v) is 5.63. The fraction of sp³-hybridized carbons (Fsp3) is 0.160. The Bertz CT molecular complexity index is 1300. The molecule has 0 spiro atoms. The van der Waals surface area contributed by atoms with Crippen LogP contribution in [0.1, 0.15) is 17.0 Å². The number of nitrogens with one attached hydrogen (secondary N) is 1. The lowest BCUT2D eigenvalue weighted by Crippen LogP contribution is -2.35. The van der Waals surface area contributed by atoms with Gasteiger partial charge in [-0.05, 0) is 58.2 Å². The molecule has 0 saturated heterocycles. The standard InChI is InChI=1S/C25H22BrN3O3/c1-17-11-12-22(20(26)13-17)32-16-24(30)29(14-18-7-3-2-4-8-18)15-23-27-21-10-6-5-9-19(21)25(31)28-23/h2-13H,14-16H2,1H3,(H,27,28,31). The topological polar surface area (TPSA) is 75.3 Å². The first-order valence-corrected chi connectivity index (χ1v) is 11.0. The number of ether oxygens (including phenoxy) is 1. The summed E-state index contributed by atoms with van der Waals surface area (Å²) in [6.07, 6.45) is 0. The maximum atomic E-state index is 13.1. The van der Waals surface area contributed by atoms with Crippen LogP contribution >= 0.6 is 15.9 Å². The molecular weight excluding hydrogens is 470 g/mol. The summed E-state index contributed by atoms with van der Waals surface area (Å²) in [5, 5.41) is 0.518. The Hall–Kier alpha value is -3.45. The first-order chi connectivity index (χ1) is 15.5. The summed E-state index contributed by atoms with van der Waals surface area (Å²) >= 11 is 3.47. The van der Waals surface area contributed by atoms with Crippen LogP contribution < -0.4 is 10.3 Å². The highest BCUT2D eigenvalue weighted by Gasteiger charge is 2.18. The number of halogens is 1. The van der Waals surface area contributed by atoms with Crippen molar-refractivity contribution in [2.75, 3.05) is 6.61 Å². The molecule has 0 unspecified atom stereocenters. The van der Waals surface area contributed by atoms with Gasteiger partial charge in [-0.15, -0.1) is 0 Å². The van der Waals surface area contributed by atoms with E-state index in [2.05, 4.69) is 25.9 Å². The molecule has 0 saturated carbocycles. The van der Waals surface area contributed by atoms with Crippen molar-refractivity contribution in [2.24, 2.45) is 0 Å². The normalized spacial score (nSPS) is 10.8. The van der Waals surface area contributed by atoms with Crippen LogP contribution in [0.3, 0.4) is 0 Å². The van der Waals surface area contributed by atoms with Gasteiger partial charge in [-0.1, -0.05) is 48.5 Å². The first-order valence-electron chi connectivity index (χ1n) is 10.2. The van der Waals surface area contributed by atoms with Crippen LogP contribution in [0.15, 0.2) is 82.1 Å². The van der Waals surface area contributed by atoms with E-state index in [-0.39, 0.29) is 24.6 Å². The van der Waals surface area contributed by atoms with E-state index in [1.807, 2.05) is 61.5 Å². The van der Waals surface area contributed by atoms with Gasteiger partial charge in [0.15, 0.2) is 6.61 Å². The zero-order valence-electron chi connectivity index (χ0n) is 17.5. The molecule has 1 heterocycles. The molecule has 0 bridgehead atoms. The van der Waals surface area contributed by atoms with Crippen molar-refractivity contribution < 1.29 is 9.53 Å². The van der Waals surface area contributed by atoms with E-state index in [4.69, 9.17) is 4.74 Å². The summed E-state index contributed by atoms with van der Waals surface area (Å²) in [6, 6.07) is 22.5. The Kier molecular flexibility index (Phi) is 6.66. The van der Waals surface area contributed by atoms with Gasteiger partial charge in [0, 0.05) is 6.54 Å². The summed E-state index contributed by atoms with van der Waals surface area (Å²) in [6.45, 7) is 2.38. The molecule has 0 fully saturated rings. The molecule has 1 N–H and O–H groups in total. The SMILES string of the molecule is Cc1ccc(OCC(=O)N(Cc2ccccc2)Cc2nc3ccccc3c(=O)[nH]2)c(Br)c1. The number of hydrogen-bond acceptors (Lipinski definition) is 4. The molecule has 3 aromatic carbocycles. The second-order valence-corrected chi connectivity index (χ2v) is 8.34. The lowest BCUT2D eigenvalue weighted by Gasteiger charge is -2.23. The van der Waals surface area contributed by atoms with Crippen molar-refractivity contribution in [1.82, 2.24) is 14.9 Å². The summed E-state index contributed by atoms with van der Waals surface area (Å²) in [7, 11) is 0. The molecule has 0 radical (unpaired) electrons. The van der Waals surface area contributed by atoms with E-state index in [1.165, 1.54) is 0 Å². The van der Waals surface area contributed by atoms with Gasteiger partial charge in [-0.2, -0.15) is 0 Å². The van der Waals surface area contributed by atoms with E-state index >= 15 is 0 Å². The average molecular weight is 492 g/mol. The molecule has 4 rings (SSSR count). The minimum absolute atomic E-state index is 0.133. The van der Waals surface area contributed by atoms with E-state index in [0.717, 1.165) is 15.6 Å². The highest BCUT2D eigenvalue weighted by atomic mass is 79.9. The lowest BCUT2D eigenvalue weighted by atomic mass is 10.2. The Morgan fingerprint density at radius 3 is 2.56 bits per heavy atom. The smallest absolute Gasteiger partial charge is 0.261 e. The largest absolute Gasteiger partial charge is 0.483 e. The number of carbonyl (C=O) groups is 1. The molecule has 0 aliphatic heterocycles. The zero-order valence-corrected chi connectivity index (χ0v) is 19.1. The Morgan fingerprint density at radius 1 is 1.03 bits per heavy atom. The number of hydrogen-bond donors (Lipinski definition) is 1. The Morgan fingerprint density at radius 2 is 1.78 bits per heavy atom. The van der Waals surface area contributed by atoms with E-state index < -0.39 is 0 Å². The molecule has 0 atom stereocenters. The van der Waals surface area contributed by atoms with Gasteiger partial charge in [0.05, 0.1) is 21.9 Å². The van der Waals surface area contributed by atoms with Crippen molar-refractivity contribution in [3.05, 3.63) is 105 Å². The van der Waals surface area contributed by atoms with E-state index in [0.29, 0.717) is 29.0 Å². The summed E-state index contributed by atoms with van der Waals surface area (Å²) in [5.41, 5.74) is 2.43. The number of nitrogens with zero attached hydrogens (tertiary/aromatic N) is 2. The molecule has 162 valence electrons. The van der Waals surface area contributed by atoms with Crippen molar-refractivity contribution in [3.63, 3.8) is 0 Å². The van der Waals surface area contributed by atoms with Crippen LogP contribution in [0, 0.1) is 6.92 Å². The Balaban J connectivity index is 1.57. The van der Waals surface area contributed by atoms with Crippen LogP contribution in [-0.2, 0) is 17.9 Å². The summed E-state index contributed by atoms with van der Waals surface area (Å²) in [4.78, 5) is 34.5. The molecule has 1 amide bonds. The fourth-order valence-electron chi connectivity index (χ4n) is 3.38. The van der Waals surface area contributed by atoms with Crippen LogP contribution in [0.2, 0.25) is 0 Å². The maximum Gasteiger partial charge on any atom is 0.261 e. The maximum absolute atomic E-state index is 13.1. The van der Waals surface area contributed by atoms with Crippen molar-refractivity contribution >= 4 is 32.7 Å². The van der Waals surface area contributed by atoms with Gasteiger partial charge < -0.3 is 14.6 Å². The highest BCUT2D eigenvalue weighted by Crippen LogP contribution is 2.25. The highest BCUT2D eigenvalue weighted by molar-refractivity contribution is 9.10. The number of rotatable bonds is 7. The third kappa shape index (κ3) is 5.23. The van der Waals surface area contributed by atoms with Gasteiger partial charge >= 0.3 is 0 Å². The number of benzene rings is 3. The van der Waals surface area contributed by atoms with Gasteiger partial charge in [0.1, 0.15) is 11.6 Å². The molecular formula is C25H22BrN3O3. The van der Waals surface area contributed by atoms with Gasteiger partial charge in [0.25, 0.3) is 11.5 Å². The number of carbonyl (C=O) groups excluding carboxylic acids is 1. The van der Waals surface area contributed by atoms with Crippen LogP contribution in [0.4, 0.5) is 0 Å². The Labute approximate surface area is 194 Å². The van der Waals surface area contributed by atoms with Crippen molar-refractivity contribution in [2.45, 2.75) is 20.0 Å². The lowest BCUT2D eigenvalue weighted by molar-refractivity contribution is -0.134. The van der Waals surface area contributed by atoms with Gasteiger partial charge in [-0.3, -0.25) is 9.59 Å². The first kappa shape index (κ1) is 21.8. The predicted molar refractivity (Wildman–Crippen MR) is 127 cm³/mol. The number of aromatic nitrogens is 2. The predicted octanol–water partition coefficient (Wildman–Crippen LogP) is 4.60. The van der Waals surface area contributed by atoms with Crippen LogP contribution in [0.25, 0.3) is 10.9 Å². The van der Waals surface area contributed by atoms with Crippen molar-refractivity contribution in [3.8, 4) is 5.75 Å².